The molecule has 0 radical (unpaired) electrons. The van der Waals surface area contributed by atoms with Crippen molar-refractivity contribution in [2.45, 2.75) is 65.2 Å². The van der Waals surface area contributed by atoms with Crippen LogP contribution < -0.4 is 10.0 Å². The third-order valence-corrected chi connectivity index (χ3v) is 6.76. The Kier molecular flexibility index (Phi) is 9.23. The summed E-state index contributed by atoms with van der Waals surface area (Å²) in [4.78, 5) is 22.3. The van der Waals surface area contributed by atoms with Gasteiger partial charge < -0.3 is 15.2 Å². The number of rotatable bonds is 7. The molecule has 0 bridgehead atoms. The number of nitrogens with zero attached hydrogens (tertiary/aromatic N) is 3. The Morgan fingerprint density at radius 3 is 2.33 bits per heavy atom. The van der Waals surface area contributed by atoms with Gasteiger partial charge in [-0.15, -0.1) is 0 Å². The number of aryl methyl sites for hydroxylation is 1. The monoisotopic (exact) mass is 639 g/mol. The maximum atomic E-state index is 14.3. The van der Waals surface area contributed by atoms with E-state index in [9.17, 15) is 27.1 Å². The van der Waals surface area contributed by atoms with Crippen molar-refractivity contribution in [3.63, 3.8) is 0 Å². The van der Waals surface area contributed by atoms with Crippen LogP contribution >= 0.6 is 0 Å². The molecule has 0 saturated heterocycles. The second-order valence-corrected chi connectivity index (χ2v) is 13.9. The lowest BCUT2D eigenvalue weighted by molar-refractivity contribution is 0.0502. The Balaban J connectivity index is 1.98. The first kappa shape index (κ1) is 33.4. The molecule has 0 fully saturated rings. The Labute approximate surface area is 260 Å². The quantitative estimate of drug-likeness (QED) is 0.234. The van der Waals surface area contributed by atoms with Gasteiger partial charge in [0.05, 0.1) is 29.2 Å². The minimum atomic E-state index is -3.65. The van der Waals surface area contributed by atoms with Crippen LogP contribution in [0.4, 0.5) is 19.4 Å². The highest BCUT2D eigenvalue weighted by Gasteiger charge is 2.27. The predicted molar refractivity (Wildman–Crippen MR) is 167 cm³/mol. The Morgan fingerprint density at radius 1 is 1.07 bits per heavy atom. The van der Waals surface area contributed by atoms with E-state index in [1.165, 1.54) is 13.8 Å². The van der Waals surface area contributed by atoms with Gasteiger partial charge in [0, 0.05) is 11.6 Å². The number of fused-ring (bicyclic) bond motifs is 1. The molecule has 1 atom stereocenters. The van der Waals surface area contributed by atoms with Gasteiger partial charge in [0.1, 0.15) is 34.4 Å². The van der Waals surface area contributed by atoms with Gasteiger partial charge in [-0.3, -0.25) is 9.12 Å². The number of alkyl carbamates (subject to hydrolysis) is 1. The van der Waals surface area contributed by atoms with Crippen molar-refractivity contribution in [2.24, 2.45) is 0 Å². The average molecular weight is 640 g/mol. The topological polar surface area (TPSA) is 135 Å². The minimum absolute atomic E-state index is 0.0872. The molecule has 10 nitrogen and oxygen atoms in total. The van der Waals surface area contributed by atoms with Crippen molar-refractivity contribution in [3.05, 3.63) is 82.9 Å². The number of pyridine rings is 2. The first-order valence-corrected chi connectivity index (χ1v) is 15.8. The molecule has 0 aliphatic carbocycles. The van der Waals surface area contributed by atoms with Crippen LogP contribution in [0, 0.1) is 30.4 Å². The fraction of sp³-hybridized carbons (Fsp3) is 0.344. The number of amides is 1. The number of carbonyl (C=O) groups excluding carboxylic acids is 1. The van der Waals surface area contributed by atoms with Crippen LogP contribution in [0.25, 0.3) is 16.8 Å². The maximum Gasteiger partial charge on any atom is 0.408 e. The number of benzene rings is 1. The molecule has 45 heavy (non-hydrogen) atoms. The molecule has 3 aromatic heterocycles. The van der Waals surface area contributed by atoms with Crippen molar-refractivity contribution >= 4 is 27.5 Å². The van der Waals surface area contributed by atoms with Gasteiger partial charge in [-0.05, 0) is 95.8 Å². The predicted octanol–water partition coefficient (Wildman–Crippen LogP) is 5.29. The molecule has 3 heterocycles. The lowest BCUT2D eigenvalue weighted by Gasteiger charge is -2.25. The van der Waals surface area contributed by atoms with Crippen molar-refractivity contribution in [1.29, 1.82) is 0 Å². The van der Waals surface area contributed by atoms with Crippen LogP contribution in [-0.4, -0.2) is 51.4 Å². The molecule has 0 aliphatic heterocycles. The molecular formula is C32H35F2N5O5S. The molecule has 4 rings (SSSR count). The van der Waals surface area contributed by atoms with Crippen LogP contribution in [0.5, 0.6) is 0 Å². The van der Waals surface area contributed by atoms with E-state index in [0.717, 1.165) is 24.5 Å². The van der Waals surface area contributed by atoms with Crippen molar-refractivity contribution in [2.75, 3.05) is 11.0 Å². The summed E-state index contributed by atoms with van der Waals surface area (Å²) in [7, 11) is -3.65. The molecule has 4 aromatic rings. The number of imidazole rings is 1. The fourth-order valence-electron chi connectivity index (χ4n) is 4.65. The third-order valence-electron chi connectivity index (χ3n) is 6.19. The number of hydrogen-bond donors (Lipinski definition) is 3. The summed E-state index contributed by atoms with van der Waals surface area (Å²) in [5.74, 6) is 4.55. The number of hydrogen-bond acceptors (Lipinski definition) is 7. The van der Waals surface area contributed by atoms with Crippen LogP contribution in [0.2, 0.25) is 0 Å². The highest BCUT2D eigenvalue weighted by molar-refractivity contribution is 7.92. The zero-order valence-corrected chi connectivity index (χ0v) is 26.8. The summed E-state index contributed by atoms with van der Waals surface area (Å²) < 4.78 is 62.3. The zero-order valence-electron chi connectivity index (χ0n) is 26.0. The summed E-state index contributed by atoms with van der Waals surface area (Å²) in [5.41, 5.74) is 0.0673. The van der Waals surface area contributed by atoms with Gasteiger partial charge in [-0.2, -0.15) is 0 Å². The van der Waals surface area contributed by atoms with Crippen LogP contribution in [0.3, 0.4) is 0 Å². The molecule has 238 valence electrons. The second-order valence-electron chi connectivity index (χ2n) is 12.1. The Hall–Kier alpha value is -4.54. The number of carbonyl (C=O) groups is 1. The number of anilines is 1. The number of halogens is 2. The van der Waals surface area contributed by atoms with Gasteiger partial charge in [-0.1, -0.05) is 12.0 Å². The van der Waals surface area contributed by atoms with E-state index in [-0.39, 0.29) is 29.2 Å². The van der Waals surface area contributed by atoms with E-state index in [0.29, 0.717) is 22.6 Å². The van der Waals surface area contributed by atoms with Crippen molar-refractivity contribution < 1.29 is 31.8 Å². The number of nitrogens with one attached hydrogen (secondary N) is 2. The highest BCUT2D eigenvalue weighted by Crippen LogP contribution is 2.33. The summed E-state index contributed by atoms with van der Waals surface area (Å²) in [5, 5.41) is 13.0. The SMILES string of the molecule is Cc1nc(NS(C)(=O)=O)c2cccc(-c3ccc(C#CC(C)(C)O)nc3[C@H](Cc3cc(F)cc(F)c3)NC(=O)OC(C)(C)C)n12. The fourth-order valence-corrected chi connectivity index (χ4v) is 5.15. The van der Waals surface area contributed by atoms with E-state index in [1.54, 1.807) is 62.4 Å². The normalized spacial score (nSPS) is 12.8. The number of aliphatic hydroxyl groups is 1. The van der Waals surface area contributed by atoms with E-state index >= 15 is 0 Å². The molecule has 3 N–H and O–H groups in total. The van der Waals surface area contributed by atoms with E-state index < -0.39 is 45.0 Å². The van der Waals surface area contributed by atoms with Gasteiger partial charge in [0.25, 0.3) is 0 Å². The van der Waals surface area contributed by atoms with Gasteiger partial charge in [0.15, 0.2) is 5.82 Å². The molecule has 1 aromatic carbocycles. The van der Waals surface area contributed by atoms with Crippen molar-refractivity contribution in [3.8, 4) is 23.1 Å². The van der Waals surface area contributed by atoms with Gasteiger partial charge in [0.2, 0.25) is 10.0 Å². The molecule has 0 unspecified atom stereocenters. The van der Waals surface area contributed by atoms with E-state index in [1.807, 2.05) is 0 Å². The lowest BCUT2D eigenvalue weighted by Crippen LogP contribution is -2.36. The highest BCUT2D eigenvalue weighted by atomic mass is 32.2. The first-order valence-electron chi connectivity index (χ1n) is 14.0. The first-order chi connectivity index (χ1) is 20.8. The zero-order chi connectivity index (χ0) is 33.3. The number of aromatic nitrogens is 3. The van der Waals surface area contributed by atoms with Crippen molar-refractivity contribution in [1.82, 2.24) is 19.7 Å². The smallest absolute Gasteiger partial charge is 0.408 e. The summed E-state index contributed by atoms with van der Waals surface area (Å²) in [6.07, 6.45) is 0.146. The minimum Gasteiger partial charge on any atom is -0.444 e. The summed E-state index contributed by atoms with van der Waals surface area (Å²) >= 11 is 0. The Morgan fingerprint density at radius 2 is 1.73 bits per heavy atom. The van der Waals surface area contributed by atoms with Gasteiger partial charge >= 0.3 is 6.09 Å². The van der Waals surface area contributed by atoms with E-state index in [4.69, 9.17) is 9.72 Å². The Bertz CT molecular complexity index is 1910. The van der Waals surface area contributed by atoms with E-state index in [2.05, 4.69) is 26.9 Å². The molecular weight excluding hydrogens is 604 g/mol. The molecule has 0 saturated carbocycles. The molecule has 1 amide bonds. The van der Waals surface area contributed by atoms with Crippen LogP contribution in [0.1, 0.15) is 63.4 Å². The number of sulfonamides is 1. The average Bonchev–Trinajstić information content (AvgIpc) is 3.18. The maximum absolute atomic E-state index is 14.3. The van der Waals surface area contributed by atoms with Gasteiger partial charge in [-0.25, -0.2) is 32.0 Å². The number of ether oxygens (including phenoxy) is 1. The second kappa shape index (κ2) is 12.5. The third kappa shape index (κ3) is 8.99. The van der Waals surface area contributed by atoms with Crippen LogP contribution in [0.15, 0.2) is 48.5 Å². The standard InChI is InChI=1S/C32H35F2N5O5S/c1-19-35-29(38-45(7,42)43)27-10-8-9-26(39(19)27)24-12-11-23(13-14-32(5,6)41)36-28(24)25(37-30(40)44-31(2,3)4)17-20-15-21(33)18-22(34)16-20/h8-12,15-16,18,25,38,41H,17H2,1-7H3,(H,37,40)/t25-/m0/s1. The summed E-state index contributed by atoms with van der Waals surface area (Å²) in [6, 6.07) is 10.6. The summed E-state index contributed by atoms with van der Waals surface area (Å²) in [6.45, 7) is 9.84. The molecule has 0 aliphatic rings. The van der Waals surface area contributed by atoms with Crippen LogP contribution in [-0.2, 0) is 21.2 Å². The molecule has 0 spiro atoms. The molecule has 13 heteroatoms. The lowest BCUT2D eigenvalue weighted by atomic mass is 9.96. The largest absolute Gasteiger partial charge is 0.444 e.